The van der Waals surface area contributed by atoms with Gasteiger partial charge in [-0.1, -0.05) is 35.8 Å². The number of fused-ring (bicyclic) bond motifs is 1. The second-order valence-corrected chi connectivity index (χ2v) is 6.87. The smallest absolute Gasteiger partial charge is 0.143 e. The largest absolute Gasteiger partial charge is 0.497 e. The molecule has 0 saturated carbocycles. The van der Waals surface area contributed by atoms with Crippen LogP contribution >= 0.6 is 0 Å². The zero-order valence-corrected chi connectivity index (χ0v) is 16.8. The van der Waals surface area contributed by atoms with Gasteiger partial charge in [0.25, 0.3) is 0 Å². The van der Waals surface area contributed by atoms with Crippen molar-refractivity contribution in [1.29, 1.82) is 0 Å². The summed E-state index contributed by atoms with van der Waals surface area (Å²) in [5.74, 6) is 7.98. The van der Waals surface area contributed by atoms with Gasteiger partial charge in [0.1, 0.15) is 29.0 Å². The van der Waals surface area contributed by atoms with Crippen LogP contribution in [-0.4, -0.2) is 7.11 Å². The molecule has 0 atom stereocenters. The number of hydrogen-bond donors (Lipinski definition) is 0. The van der Waals surface area contributed by atoms with Crippen LogP contribution in [0.1, 0.15) is 22.3 Å². The van der Waals surface area contributed by atoms with E-state index in [2.05, 4.69) is 23.7 Å². The average molecular weight is 430 g/mol. The van der Waals surface area contributed by atoms with Crippen LogP contribution in [0.5, 0.6) is 5.75 Å². The van der Waals surface area contributed by atoms with Crippen LogP contribution in [0.2, 0.25) is 0 Å². The predicted octanol–water partition coefficient (Wildman–Crippen LogP) is 6.20. The Morgan fingerprint density at radius 3 is 2.00 bits per heavy atom. The molecular formula is C27H14F4O. The molecule has 0 aromatic heterocycles. The van der Waals surface area contributed by atoms with Crippen molar-refractivity contribution >= 4 is 10.8 Å². The number of benzene rings is 4. The van der Waals surface area contributed by atoms with Gasteiger partial charge < -0.3 is 4.74 Å². The third-order valence-electron chi connectivity index (χ3n) is 4.69. The van der Waals surface area contributed by atoms with Gasteiger partial charge in [-0.15, -0.1) is 0 Å². The first kappa shape index (κ1) is 21.0. The van der Waals surface area contributed by atoms with Gasteiger partial charge in [-0.25, -0.2) is 17.6 Å². The Kier molecular flexibility index (Phi) is 5.83. The van der Waals surface area contributed by atoms with Gasteiger partial charge in [0, 0.05) is 17.2 Å². The van der Waals surface area contributed by atoms with Crippen LogP contribution in [0.4, 0.5) is 17.6 Å². The molecule has 0 spiro atoms. The summed E-state index contributed by atoms with van der Waals surface area (Å²) in [6.07, 6.45) is 0. The molecule has 0 unspecified atom stereocenters. The van der Waals surface area contributed by atoms with Crippen LogP contribution < -0.4 is 4.74 Å². The molecule has 4 rings (SSSR count). The highest BCUT2D eigenvalue weighted by Crippen LogP contribution is 2.19. The number of hydrogen-bond acceptors (Lipinski definition) is 1. The molecule has 0 N–H and O–H groups in total. The van der Waals surface area contributed by atoms with Gasteiger partial charge in [-0.3, -0.25) is 0 Å². The van der Waals surface area contributed by atoms with Crippen molar-refractivity contribution in [2.75, 3.05) is 7.11 Å². The number of halogens is 4. The standard InChI is InChI=1S/C27H14F4O/c1-32-23-10-8-19(25(29)16-23)5-3-18-13-26(30)24(27(31)14-18)11-4-17-2-6-21-15-22(28)9-7-20(21)12-17/h2,6-10,12-16H,1H3. The van der Waals surface area contributed by atoms with Crippen molar-refractivity contribution < 1.29 is 22.3 Å². The van der Waals surface area contributed by atoms with Crippen molar-refractivity contribution in [2.45, 2.75) is 0 Å². The molecule has 0 heterocycles. The van der Waals surface area contributed by atoms with E-state index in [0.717, 1.165) is 17.5 Å². The Morgan fingerprint density at radius 1 is 0.594 bits per heavy atom. The highest BCUT2D eigenvalue weighted by molar-refractivity contribution is 5.84. The number of methoxy groups -OCH3 is 1. The fourth-order valence-corrected chi connectivity index (χ4v) is 3.06. The molecule has 0 bridgehead atoms. The minimum atomic E-state index is -0.875. The highest BCUT2D eigenvalue weighted by atomic mass is 19.1. The Balaban J connectivity index is 1.62. The van der Waals surface area contributed by atoms with Gasteiger partial charge in [-0.05, 0) is 59.3 Å². The molecule has 4 aromatic carbocycles. The van der Waals surface area contributed by atoms with Gasteiger partial charge >= 0.3 is 0 Å². The Labute approximate surface area is 182 Å². The molecule has 0 aliphatic carbocycles. The van der Waals surface area contributed by atoms with Gasteiger partial charge in [0.05, 0.1) is 18.2 Å². The second-order valence-electron chi connectivity index (χ2n) is 6.87. The number of rotatable bonds is 1. The van der Waals surface area contributed by atoms with E-state index in [1.54, 1.807) is 24.3 Å². The van der Waals surface area contributed by atoms with Crippen molar-refractivity contribution in [3.8, 4) is 29.4 Å². The van der Waals surface area contributed by atoms with E-state index >= 15 is 0 Å². The van der Waals surface area contributed by atoms with Crippen LogP contribution in [0.15, 0.2) is 66.7 Å². The third-order valence-corrected chi connectivity index (χ3v) is 4.69. The third kappa shape index (κ3) is 4.58. The monoisotopic (exact) mass is 430 g/mol. The van der Waals surface area contributed by atoms with E-state index in [1.807, 2.05) is 0 Å². The quantitative estimate of drug-likeness (QED) is 0.258. The summed E-state index contributed by atoms with van der Waals surface area (Å²) in [6.45, 7) is 0. The first-order valence-corrected chi connectivity index (χ1v) is 9.49. The highest BCUT2D eigenvalue weighted by Gasteiger charge is 2.09. The van der Waals surface area contributed by atoms with Crippen LogP contribution in [0.25, 0.3) is 10.8 Å². The molecule has 0 saturated heterocycles. The SMILES string of the molecule is COc1ccc(C#Cc2cc(F)c(C#Cc3ccc4cc(F)ccc4c3)c(F)c2)c(F)c1. The van der Waals surface area contributed by atoms with Crippen LogP contribution in [0.3, 0.4) is 0 Å². The zero-order valence-electron chi connectivity index (χ0n) is 16.8. The summed E-state index contributed by atoms with van der Waals surface area (Å²) in [5, 5.41) is 1.46. The fourth-order valence-electron chi connectivity index (χ4n) is 3.06. The molecule has 4 aromatic rings. The van der Waals surface area contributed by atoms with Gasteiger partial charge in [0.15, 0.2) is 0 Å². The first-order valence-electron chi connectivity index (χ1n) is 9.49. The summed E-state index contributed by atoms with van der Waals surface area (Å²) in [5.41, 5.74) is 0.257. The molecule has 0 aliphatic heterocycles. The van der Waals surface area contributed by atoms with Crippen LogP contribution in [-0.2, 0) is 0 Å². The molecule has 0 fully saturated rings. The lowest BCUT2D eigenvalue weighted by Gasteiger charge is -2.01. The van der Waals surface area contributed by atoms with E-state index in [-0.39, 0.29) is 16.9 Å². The van der Waals surface area contributed by atoms with Crippen LogP contribution in [0, 0.1) is 47.0 Å². The average Bonchev–Trinajstić information content (AvgIpc) is 2.77. The Morgan fingerprint density at radius 2 is 1.28 bits per heavy atom. The summed E-state index contributed by atoms with van der Waals surface area (Å²) < 4.78 is 61.1. The zero-order chi connectivity index (χ0) is 22.7. The summed E-state index contributed by atoms with van der Waals surface area (Å²) in [6, 6.07) is 15.6. The molecule has 156 valence electrons. The lowest BCUT2D eigenvalue weighted by Crippen LogP contribution is -1.93. The Hall–Kier alpha value is -4.22. The fraction of sp³-hybridized carbons (Fsp3) is 0.0370. The number of ether oxygens (including phenoxy) is 1. The normalized spacial score (nSPS) is 10.2. The minimum absolute atomic E-state index is 0.0495. The molecular weight excluding hydrogens is 416 g/mol. The Bertz CT molecular complexity index is 1440. The van der Waals surface area contributed by atoms with Crippen molar-refractivity contribution in [2.24, 2.45) is 0 Å². The lowest BCUT2D eigenvalue weighted by atomic mass is 10.1. The van der Waals surface area contributed by atoms with Crippen molar-refractivity contribution in [1.82, 2.24) is 0 Å². The molecule has 0 amide bonds. The molecule has 0 radical (unpaired) electrons. The van der Waals surface area contributed by atoms with E-state index in [1.165, 1.54) is 37.4 Å². The molecule has 1 nitrogen and oxygen atoms in total. The van der Waals surface area contributed by atoms with Crippen molar-refractivity contribution in [3.63, 3.8) is 0 Å². The van der Waals surface area contributed by atoms with E-state index < -0.39 is 23.0 Å². The second kappa shape index (κ2) is 8.88. The van der Waals surface area contributed by atoms with Gasteiger partial charge in [-0.2, -0.15) is 0 Å². The van der Waals surface area contributed by atoms with E-state index in [9.17, 15) is 17.6 Å². The maximum Gasteiger partial charge on any atom is 0.143 e. The topological polar surface area (TPSA) is 9.23 Å². The van der Waals surface area contributed by atoms with E-state index in [0.29, 0.717) is 16.7 Å². The first-order chi connectivity index (χ1) is 15.4. The van der Waals surface area contributed by atoms with E-state index in [4.69, 9.17) is 4.74 Å². The van der Waals surface area contributed by atoms with Crippen molar-refractivity contribution in [3.05, 3.63) is 112 Å². The lowest BCUT2D eigenvalue weighted by molar-refractivity contribution is 0.411. The summed E-state index contributed by atoms with van der Waals surface area (Å²) in [7, 11) is 1.41. The molecule has 32 heavy (non-hydrogen) atoms. The predicted molar refractivity (Wildman–Crippen MR) is 115 cm³/mol. The molecule has 5 heteroatoms. The minimum Gasteiger partial charge on any atom is -0.497 e. The summed E-state index contributed by atoms with van der Waals surface area (Å²) >= 11 is 0. The maximum absolute atomic E-state index is 14.5. The maximum atomic E-state index is 14.5. The van der Waals surface area contributed by atoms with Gasteiger partial charge in [0.2, 0.25) is 0 Å². The molecule has 0 aliphatic rings. The summed E-state index contributed by atoms with van der Waals surface area (Å²) in [4.78, 5) is 0.